The number of hydrogen-bond donors (Lipinski definition) is 2. The Morgan fingerprint density at radius 3 is 2.93 bits per heavy atom. The molecule has 3 heterocycles. The van der Waals surface area contributed by atoms with Crippen molar-refractivity contribution in [2.45, 2.75) is 56.7 Å². The van der Waals surface area contributed by atoms with Crippen LogP contribution in [0.15, 0.2) is 41.9 Å². The van der Waals surface area contributed by atoms with E-state index in [2.05, 4.69) is 15.2 Å². The number of nitrogens with one attached hydrogen (secondary N) is 1. The number of amides is 1. The molecule has 162 valence electrons. The van der Waals surface area contributed by atoms with E-state index in [0.29, 0.717) is 39.3 Å². The zero-order chi connectivity index (χ0) is 20.8. The average Bonchev–Trinajstić information content (AvgIpc) is 3.25. The number of carbonyl (C=O) groups excluding carboxylic acids is 1. The van der Waals surface area contributed by atoms with E-state index < -0.39 is 6.10 Å². The molecule has 1 aromatic carbocycles. The van der Waals surface area contributed by atoms with Gasteiger partial charge in [0.15, 0.2) is 0 Å². The fourth-order valence-electron chi connectivity index (χ4n) is 4.21. The third kappa shape index (κ3) is 5.86. The first-order valence-electron chi connectivity index (χ1n) is 10.5. The molecule has 2 fully saturated rings. The molecule has 0 radical (unpaired) electrons. The number of fused-ring (bicyclic) bond motifs is 1. The fourth-order valence-corrected chi connectivity index (χ4v) is 4.85. The van der Waals surface area contributed by atoms with Crippen molar-refractivity contribution in [3.8, 4) is 0 Å². The Hall–Kier alpha value is -1.84. The molecule has 2 aliphatic heterocycles. The number of aliphatic hydroxyl groups is 1. The van der Waals surface area contributed by atoms with E-state index in [1.165, 1.54) is 0 Å². The molecule has 0 unspecified atom stereocenters. The van der Waals surface area contributed by atoms with Crippen LogP contribution in [0.4, 0.5) is 0 Å². The summed E-state index contributed by atoms with van der Waals surface area (Å²) in [5, 5.41) is 16.2. The Morgan fingerprint density at radius 2 is 2.13 bits per heavy atom. The standard InChI is InChI=1S/C22H29N3O4S/c26-17-12-25(13-22-23-8-9-30-22)19-7-6-18(29-20(19)15-28-14-17)10-21(27)24-11-16-4-2-1-3-5-16/h1-5,8-9,17-20,26H,6-7,10-15H2,(H,24,27)/t17-,18+,19+,20-/m1/s1. The van der Waals surface area contributed by atoms with Gasteiger partial charge in [-0.2, -0.15) is 0 Å². The second-order valence-corrected chi connectivity index (χ2v) is 8.93. The van der Waals surface area contributed by atoms with Crippen molar-refractivity contribution in [1.29, 1.82) is 0 Å². The summed E-state index contributed by atoms with van der Waals surface area (Å²) >= 11 is 1.62. The molecule has 1 amide bonds. The highest BCUT2D eigenvalue weighted by Gasteiger charge is 2.38. The largest absolute Gasteiger partial charge is 0.389 e. The van der Waals surface area contributed by atoms with Gasteiger partial charge in [-0.15, -0.1) is 11.3 Å². The summed E-state index contributed by atoms with van der Waals surface area (Å²) in [6.45, 7) is 2.48. The second-order valence-electron chi connectivity index (χ2n) is 7.95. The summed E-state index contributed by atoms with van der Waals surface area (Å²) in [6.07, 6.45) is 3.13. The zero-order valence-corrected chi connectivity index (χ0v) is 17.8. The van der Waals surface area contributed by atoms with E-state index in [1.54, 1.807) is 11.3 Å². The van der Waals surface area contributed by atoms with E-state index in [4.69, 9.17) is 9.47 Å². The summed E-state index contributed by atoms with van der Waals surface area (Å²) in [4.78, 5) is 19.1. The van der Waals surface area contributed by atoms with Crippen molar-refractivity contribution in [2.24, 2.45) is 0 Å². The predicted molar refractivity (Wildman–Crippen MR) is 114 cm³/mol. The number of carbonyl (C=O) groups is 1. The highest BCUT2D eigenvalue weighted by Crippen LogP contribution is 2.29. The van der Waals surface area contributed by atoms with Crippen LogP contribution >= 0.6 is 11.3 Å². The molecule has 0 saturated carbocycles. The number of aliphatic hydroxyl groups excluding tert-OH is 1. The van der Waals surface area contributed by atoms with E-state index in [0.717, 1.165) is 23.4 Å². The molecule has 2 saturated heterocycles. The van der Waals surface area contributed by atoms with Gasteiger partial charge in [0.2, 0.25) is 5.91 Å². The Kier molecular flexibility index (Phi) is 7.46. The quantitative estimate of drug-likeness (QED) is 0.728. The molecule has 30 heavy (non-hydrogen) atoms. The second kappa shape index (κ2) is 10.5. The van der Waals surface area contributed by atoms with Crippen LogP contribution in [-0.4, -0.2) is 65.0 Å². The summed E-state index contributed by atoms with van der Waals surface area (Å²) in [5.41, 5.74) is 1.08. The van der Waals surface area contributed by atoms with E-state index in [9.17, 15) is 9.90 Å². The van der Waals surface area contributed by atoms with Gasteiger partial charge in [0.25, 0.3) is 0 Å². The third-order valence-corrected chi connectivity index (χ3v) is 6.42. The smallest absolute Gasteiger partial charge is 0.222 e. The van der Waals surface area contributed by atoms with Crippen molar-refractivity contribution >= 4 is 17.2 Å². The molecular formula is C22H29N3O4S. The monoisotopic (exact) mass is 431 g/mol. The van der Waals surface area contributed by atoms with Crippen molar-refractivity contribution in [2.75, 3.05) is 19.8 Å². The topological polar surface area (TPSA) is 83.9 Å². The van der Waals surface area contributed by atoms with E-state index in [1.807, 2.05) is 41.9 Å². The minimum Gasteiger partial charge on any atom is -0.389 e. The molecular weight excluding hydrogens is 402 g/mol. The van der Waals surface area contributed by atoms with Gasteiger partial charge in [0.05, 0.1) is 44.5 Å². The van der Waals surface area contributed by atoms with Gasteiger partial charge >= 0.3 is 0 Å². The summed E-state index contributed by atoms with van der Waals surface area (Å²) in [7, 11) is 0. The first-order chi connectivity index (χ1) is 14.7. The summed E-state index contributed by atoms with van der Waals surface area (Å²) < 4.78 is 12.0. The van der Waals surface area contributed by atoms with Gasteiger partial charge < -0.3 is 19.9 Å². The van der Waals surface area contributed by atoms with Crippen LogP contribution in [-0.2, 0) is 27.4 Å². The first kappa shape index (κ1) is 21.4. The summed E-state index contributed by atoms with van der Waals surface area (Å²) in [5.74, 6) is 0.00382. The molecule has 4 rings (SSSR count). The molecule has 4 atom stereocenters. The maximum absolute atomic E-state index is 12.4. The Morgan fingerprint density at radius 1 is 1.27 bits per heavy atom. The lowest BCUT2D eigenvalue weighted by atomic mass is 9.94. The lowest BCUT2D eigenvalue weighted by molar-refractivity contribution is -0.158. The number of aromatic nitrogens is 1. The molecule has 1 aromatic heterocycles. The fraction of sp³-hybridized carbons (Fsp3) is 0.545. The molecule has 0 spiro atoms. The number of β-amino-alcohol motifs (C(OH)–C–C–N with tert-alkyl or cyclic N) is 1. The van der Waals surface area contributed by atoms with Crippen LogP contribution in [0.25, 0.3) is 0 Å². The minimum absolute atomic E-state index is 0.00382. The van der Waals surface area contributed by atoms with Crippen LogP contribution in [0.2, 0.25) is 0 Å². The minimum atomic E-state index is -0.521. The molecule has 2 aromatic rings. The van der Waals surface area contributed by atoms with Crippen LogP contribution in [0.5, 0.6) is 0 Å². The van der Waals surface area contributed by atoms with Gasteiger partial charge in [0, 0.05) is 30.7 Å². The number of rotatable bonds is 6. The number of hydrogen-bond acceptors (Lipinski definition) is 7. The molecule has 0 bridgehead atoms. The maximum Gasteiger partial charge on any atom is 0.222 e. The van der Waals surface area contributed by atoms with Gasteiger partial charge in [0.1, 0.15) is 5.01 Å². The molecule has 7 nitrogen and oxygen atoms in total. The lowest BCUT2D eigenvalue weighted by Crippen LogP contribution is -2.55. The van der Waals surface area contributed by atoms with Gasteiger partial charge in [-0.3, -0.25) is 9.69 Å². The Balaban J connectivity index is 1.33. The van der Waals surface area contributed by atoms with Crippen molar-refractivity contribution in [3.05, 3.63) is 52.5 Å². The van der Waals surface area contributed by atoms with E-state index in [-0.39, 0.29) is 24.2 Å². The SMILES string of the molecule is O=C(C[C@@H]1CC[C@H]2[C@@H](COC[C@H](O)CN2Cc2nccs2)O1)NCc1ccccc1. The predicted octanol–water partition coefficient (Wildman–Crippen LogP) is 1.96. The number of benzene rings is 1. The summed E-state index contributed by atoms with van der Waals surface area (Å²) in [6, 6.07) is 10.0. The average molecular weight is 432 g/mol. The van der Waals surface area contributed by atoms with Crippen LogP contribution in [0, 0.1) is 0 Å². The van der Waals surface area contributed by atoms with Gasteiger partial charge in [-0.25, -0.2) is 4.98 Å². The number of thiazole rings is 1. The number of nitrogens with zero attached hydrogens (tertiary/aromatic N) is 2. The van der Waals surface area contributed by atoms with E-state index >= 15 is 0 Å². The van der Waals surface area contributed by atoms with Gasteiger partial charge in [-0.1, -0.05) is 30.3 Å². The van der Waals surface area contributed by atoms with Crippen molar-refractivity contribution < 1.29 is 19.4 Å². The highest BCUT2D eigenvalue weighted by atomic mass is 32.1. The van der Waals surface area contributed by atoms with Crippen LogP contribution in [0.3, 0.4) is 0 Å². The van der Waals surface area contributed by atoms with Gasteiger partial charge in [-0.05, 0) is 18.4 Å². The molecule has 8 heteroatoms. The molecule has 2 N–H and O–H groups in total. The molecule has 2 aliphatic rings. The lowest BCUT2D eigenvalue weighted by Gasteiger charge is -2.44. The van der Waals surface area contributed by atoms with Crippen molar-refractivity contribution in [1.82, 2.24) is 15.2 Å². The Bertz CT molecular complexity index is 789. The third-order valence-electron chi connectivity index (χ3n) is 5.65. The highest BCUT2D eigenvalue weighted by molar-refractivity contribution is 7.09. The normalized spacial score (nSPS) is 27.6. The van der Waals surface area contributed by atoms with Crippen LogP contribution in [0.1, 0.15) is 29.8 Å². The molecule has 0 aliphatic carbocycles. The number of ether oxygens (including phenoxy) is 2. The van der Waals surface area contributed by atoms with Crippen LogP contribution < -0.4 is 5.32 Å². The maximum atomic E-state index is 12.4. The zero-order valence-electron chi connectivity index (χ0n) is 17.0. The van der Waals surface area contributed by atoms with Crippen molar-refractivity contribution in [3.63, 3.8) is 0 Å². The Labute approximate surface area is 181 Å². The first-order valence-corrected chi connectivity index (χ1v) is 11.4.